The molecule has 0 aliphatic heterocycles. The van der Waals surface area contributed by atoms with Crippen molar-refractivity contribution < 1.29 is 0 Å². The number of hydrogen-bond acceptors (Lipinski definition) is 0. The Balaban J connectivity index is 1.21. The highest BCUT2D eigenvalue weighted by Gasteiger charge is 2.31. The molecule has 0 heterocycles. The van der Waals surface area contributed by atoms with Crippen molar-refractivity contribution in [2.75, 3.05) is 0 Å². The van der Waals surface area contributed by atoms with Crippen LogP contribution >= 0.6 is 0 Å². The van der Waals surface area contributed by atoms with E-state index in [-0.39, 0.29) is 0 Å². The molecule has 0 unspecified atom stereocenters. The minimum atomic E-state index is 0.579. The molecule has 0 aromatic heterocycles. The maximum absolute atomic E-state index is 2.44. The first-order valence-corrected chi connectivity index (χ1v) is 13.5. The third-order valence-corrected chi connectivity index (χ3v) is 8.67. The van der Waals surface area contributed by atoms with Crippen LogP contribution in [0, 0.1) is 17.8 Å². The first-order chi connectivity index (χ1) is 15.7. The predicted molar refractivity (Wildman–Crippen MR) is 139 cm³/mol. The molecular formula is C32H44. The van der Waals surface area contributed by atoms with Crippen molar-refractivity contribution in [3.05, 3.63) is 83.4 Å². The second-order valence-corrected chi connectivity index (χ2v) is 10.8. The average molecular weight is 429 g/mol. The molecule has 4 rings (SSSR count). The summed E-state index contributed by atoms with van der Waals surface area (Å²) in [5, 5.41) is 0. The molecular weight excluding hydrogens is 384 g/mol. The molecule has 2 aromatic carbocycles. The normalized spacial score (nSPS) is 27.4. The van der Waals surface area contributed by atoms with Gasteiger partial charge in [-0.3, -0.25) is 0 Å². The fourth-order valence-corrected chi connectivity index (χ4v) is 6.55. The molecule has 2 fully saturated rings. The number of hydrogen-bond donors (Lipinski definition) is 0. The molecule has 2 aromatic rings. The van der Waals surface area contributed by atoms with E-state index in [1.807, 2.05) is 0 Å². The maximum Gasteiger partial charge on any atom is -0.0150 e. The van der Waals surface area contributed by atoms with E-state index in [9.17, 15) is 0 Å². The summed E-state index contributed by atoms with van der Waals surface area (Å²) >= 11 is 0. The Hall–Kier alpha value is -1.82. The predicted octanol–water partition coefficient (Wildman–Crippen LogP) is 9.47. The Morgan fingerprint density at radius 1 is 0.781 bits per heavy atom. The summed E-state index contributed by atoms with van der Waals surface area (Å²) in [6, 6.07) is 20.6. The fraction of sp³-hybridized carbons (Fsp3) is 0.562. The fourth-order valence-electron chi connectivity index (χ4n) is 6.55. The van der Waals surface area contributed by atoms with Gasteiger partial charge in [-0.15, -0.1) is 0 Å². The van der Waals surface area contributed by atoms with E-state index >= 15 is 0 Å². The highest BCUT2D eigenvalue weighted by molar-refractivity contribution is 5.28. The lowest BCUT2D eigenvalue weighted by atomic mass is 9.68. The molecule has 2 saturated carbocycles. The molecule has 0 spiro atoms. The smallest absolute Gasteiger partial charge is 0.0150 e. The molecule has 2 aliphatic carbocycles. The molecule has 0 heteroatoms. The van der Waals surface area contributed by atoms with Crippen LogP contribution in [0.15, 0.2) is 66.7 Å². The third kappa shape index (κ3) is 6.37. The minimum absolute atomic E-state index is 0.579. The molecule has 32 heavy (non-hydrogen) atoms. The zero-order valence-corrected chi connectivity index (χ0v) is 20.5. The van der Waals surface area contributed by atoms with Crippen LogP contribution in [0.1, 0.15) is 107 Å². The van der Waals surface area contributed by atoms with Gasteiger partial charge in [0.25, 0.3) is 0 Å². The second kappa shape index (κ2) is 11.9. The molecule has 1 atom stereocenters. The van der Waals surface area contributed by atoms with Gasteiger partial charge in [-0.05, 0) is 111 Å². The van der Waals surface area contributed by atoms with Crippen molar-refractivity contribution in [2.24, 2.45) is 17.8 Å². The van der Waals surface area contributed by atoms with Gasteiger partial charge < -0.3 is 0 Å². The van der Waals surface area contributed by atoms with Gasteiger partial charge in [0.2, 0.25) is 0 Å². The highest BCUT2D eigenvalue weighted by Crippen LogP contribution is 2.44. The van der Waals surface area contributed by atoms with Crippen LogP contribution in [0.25, 0.3) is 0 Å². The minimum Gasteiger partial charge on any atom is -0.0917 e. The Morgan fingerprint density at radius 2 is 1.41 bits per heavy atom. The summed E-state index contributed by atoms with van der Waals surface area (Å²) in [5.41, 5.74) is 4.51. The summed E-state index contributed by atoms with van der Waals surface area (Å²) in [4.78, 5) is 0. The Morgan fingerprint density at radius 3 is 2.03 bits per heavy atom. The summed E-state index contributed by atoms with van der Waals surface area (Å²) in [5.74, 6) is 4.41. The standard InChI is InChI=1S/C32H44/c1-3-4-6-9-26-12-16-29(17-13-26)31-20-22-32(23-21-31)30-18-14-27(15-19-30)24-25(2)28-10-7-5-8-11-28/h3-5,7-8,10-11,14-15,18-19,25-26,29,31-32H,6,9,12-13,16-17,20-24H2,1-2H3/b4-3+/t25-,26?,29?,31?,32?/m0/s1. The summed E-state index contributed by atoms with van der Waals surface area (Å²) in [6.45, 7) is 4.49. The van der Waals surface area contributed by atoms with E-state index in [0.29, 0.717) is 5.92 Å². The second-order valence-electron chi connectivity index (χ2n) is 10.8. The van der Waals surface area contributed by atoms with E-state index in [1.165, 1.54) is 75.3 Å². The van der Waals surface area contributed by atoms with E-state index in [0.717, 1.165) is 30.1 Å². The molecule has 0 saturated heterocycles. The Kier molecular flexibility index (Phi) is 8.66. The van der Waals surface area contributed by atoms with Crippen LogP contribution in [0.3, 0.4) is 0 Å². The van der Waals surface area contributed by atoms with Gasteiger partial charge in [-0.25, -0.2) is 0 Å². The lowest BCUT2D eigenvalue weighted by Gasteiger charge is -2.38. The van der Waals surface area contributed by atoms with Crippen molar-refractivity contribution in [1.29, 1.82) is 0 Å². The molecule has 0 N–H and O–H groups in total. The van der Waals surface area contributed by atoms with Crippen molar-refractivity contribution in [3.63, 3.8) is 0 Å². The topological polar surface area (TPSA) is 0 Å². The van der Waals surface area contributed by atoms with Gasteiger partial charge in [0.05, 0.1) is 0 Å². The SMILES string of the molecule is C/C=C/CCC1CCC(C2CCC(c3ccc(C[C@H](C)c4ccccc4)cc3)CC2)CC1. The zero-order chi connectivity index (χ0) is 22.2. The van der Waals surface area contributed by atoms with Crippen molar-refractivity contribution >= 4 is 0 Å². The Labute approximate surface area is 197 Å². The summed E-state index contributed by atoms with van der Waals surface area (Å²) in [6.07, 6.45) is 20.1. The van der Waals surface area contributed by atoms with E-state index in [1.54, 1.807) is 5.56 Å². The van der Waals surface area contributed by atoms with Crippen molar-refractivity contribution in [1.82, 2.24) is 0 Å². The van der Waals surface area contributed by atoms with Crippen LogP contribution in [-0.2, 0) is 6.42 Å². The van der Waals surface area contributed by atoms with Crippen LogP contribution in [0.4, 0.5) is 0 Å². The summed E-state index contributed by atoms with van der Waals surface area (Å²) < 4.78 is 0. The van der Waals surface area contributed by atoms with E-state index in [4.69, 9.17) is 0 Å². The summed E-state index contributed by atoms with van der Waals surface area (Å²) in [7, 11) is 0. The van der Waals surface area contributed by atoms with Gasteiger partial charge in [0.15, 0.2) is 0 Å². The molecule has 172 valence electrons. The molecule has 0 radical (unpaired) electrons. The first-order valence-electron chi connectivity index (χ1n) is 13.5. The van der Waals surface area contributed by atoms with Crippen molar-refractivity contribution in [3.8, 4) is 0 Å². The first kappa shape index (κ1) is 23.3. The average Bonchev–Trinajstić information content (AvgIpc) is 2.86. The van der Waals surface area contributed by atoms with Crippen LogP contribution in [-0.4, -0.2) is 0 Å². The third-order valence-electron chi connectivity index (χ3n) is 8.67. The Bertz CT molecular complexity index is 799. The number of rotatable bonds is 8. The van der Waals surface area contributed by atoms with Gasteiger partial charge >= 0.3 is 0 Å². The molecule has 2 aliphatic rings. The van der Waals surface area contributed by atoms with Crippen LogP contribution in [0.2, 0.25) is 0 Å². The van der Waals surface area contributed by atoms with Gasteiger partial charge in [-0.1, -0.05) is 86.5 Å². The number of allylic oxidation sites excluding steroid dienone is 2. The molecule has 0 bridgehead atoms. The van der Waals surface area contributed by atoms with Gasteiger partial charge in [0.1, 0.15) is 0 Å². The van der Waals surface area contributed by atoms with Crippen LogP contribution < -0.4 is 0 Å². The van der Waals surface area contributed by atoms with Crippen molar-refractivity contribution in [2.45, 2.75) is 96.3 Å². The quantitative estimate of drug-likeness (QED) is 0.367. The monoisotopic (exact) mass is 428 g/mol. The maximum atomic E-state index is 2.44. The molecule has 0 nitrogen and oxygen atoms in total. The number of benzene rings is 2. The highest BCUT2D eigenvalue weighted by atomic mass is 14.4. The van der Waals surface area contributed by atoms with Crippen LogP contribution in [0.5, 0.6) is 0 Å². The lowest BCUT2D eigenvalue weighted by Crippen LogP contribution is -2.25. The lowest BCUT2D eigenvalue weighted by molar-refractivity contribution is 0.157. The zero-order valence-electron chi connectivity index (χ0n) is 20.5. The van der Waals surface area contributed by atoms with Gasteiger partial charge in [0, 0.05) is 0 Å². The largest absolute Gasteiger partial charge is 0.0917 e. The van der Waals surface area contributed by atoms with E-state index < -0.39 is 0 Å². The van der Waals surface area contributed by atoms with Gasteiger partial charge in [-0.2, -0.15) is 0 Å². The van der Waals surface area contributed by atoms with E-state index in [2.05, 4.69) is 80.6 Å². The molecule has 0 amide bonds.